The smallest absolute Gasteiger partial charge is 0.296 e. The van der Waals surface area contributed by atoms with E-state index < -0.39 is 0 Å². The molecule has 7 heteroatoms. The summed E-state index contributed by atoms with van der Waals surface area (Å²) in [6.07, 6.45) is 4.62. The van der Waals surface area contributed by atoms with Gasteiger partial charge in [0.25, 0.3) is 5.56 Å². The summed E-state index contributed by atoms with van der Waals surface area (Å²) in [6, 6.07) is 14.8. The van der Waals surface area contributed by atoms with Crippen molar-refractivity contribution in [3.63, 3.8) is 0 Å². The fourth-order valence-corrected chi connectivity index (χ4v) is 4.51. The van der Waals surface area contributed by atoms with Crippen molar-refractivity contribution >= 4 is 16.7 Å². The zero-order chi connectivity index (χ0) is 22.4. The quantitative estimate of drug-likeness (QED) is 0.500. The number of rotatable bonds is 4. The largest absolute Gasteiger partial charge is 0.355 e. The molecule has 1 aliphatic rings. The van der Waals surface area contributed by atoms with Crippen molar-refractivity contribution in [1.82, 2.24) is 24.2 Å². The fourth-order valence-electron chi connectivity index (χ4n) is 4.51. The maximum absolute atomic E-state index is 13.3. The molecule has 4 aromatic rings. The number of pyridine rings is 1. The van der Waals surface area contributed by atoms with Gasteiger partial charge in [0.1, 0.15) is 11.3 Å². The average molecular weight is 429 g/mol. The standard InChI is InChI=1S/C25H28N6O/c1-17-5-7-18(8-6-17)22-13-19-14-27-31(25(32)24(19)29(22)4)20-9-10-23(26-15-20)30-12-11-21(16-30)28(2)3/h5-10,13-15,21H,11-12,16H2,1-4H3/t21-/m0/s1. The molecule has 4 heterocycles. The van der Waals surface area contributed by atoms with Crippen LogP contribution < -0.4 is 10.5 Å². The van der Waals surface area contributed by atoms with Crippen LogP contribution in [0.3, 0.4) is 0 Å². The maximum Gasteiger partial charge on any atom is 0.296 e. The number of nitrogens with zero attached hydrogens (tertiary/aromatic N) is 6. The molecule has 3 aromatic heterocycles. The molecule has 1 aliphatic heterocycles. The van der Waals surface area contributed by atoms with Crippen LogP contribution in [0.2, 0.25) is 0 Å². The van der Waals surface area contributed by atoms with Crippen molar-refractivity contribution in [3.05, 3.63) is 70.8 Å². The predicted octanol–water partition coefficient (Wildman–Crippen LogP) is 3.23. The van der Waals surface area contributed by atoms with Crippen LogP contribution in [0.15, 0.2) is 59.7 Å². The first kappa shape index (κ1) is 20.5. The van der Waals surface area contributed by atoms with Gasteiger partial charge in [-0.25, -0.2) is 4.98 Å². The lowest BCUT2D eigenvalue weighted by Crippen LogP contribution is -2.31. The number of benzene rings is 1. The Labute approximate surface area is 187 Å². The Hall–Kier alpha value is -3.45. The van der Waals surface area contributed by atoms with Crippen molar-refractivity contribution in [2.24, 2.45) is 7.05 Å². The van der Waals surface area contributed by atoms with Crippen molar-refractivity contribution in [3.8, 4) is 16.9 Å². The van der Waals surface area contributed by atoms with Crippen LogP contribution in [0, 0.1) is 6.92 Å². The van der Waals surface area contributed by atoms with E-state index in [4.69, 9.17) is 0 Å². The second kappa shape index (κ2) is 7.91. The summed E-state index contributed by atoms with van der Waals surface area (Å²) >= 11 is 0. The Morgan fingerprint density at radius 3 is 2.50 bits per heavy atom. The van der Waals surface area contributed by atoms with Crippen LogP contribution in [-0.2, 0) is 7.05 Å². The molecule has 0 unspecified atom stereocenters. The first-order chi connectivity index (χ1) is 15.4. The summed E-state index contributed by atoms with van der Waals surface area (Å²) in [7, 11) is 6.17. The summed E-state index contributed by atoms with van der Waals surface area (Å²) < 4.78 is 3.39. The third-order valence-electron chi connectivity index (χ3n) is 6.51. The van der Waals surface area contributed by atoms with E-state index >= 15 is 0 Å². The molecule has 0 N–H and O–H groups in total. The third-order valence-corrected chi connectivity index (χ3v) is 6.51. The average Bonchev–Trinajstić information content (AvgIpc) is 3.41. The summed E-state index contributed by atoms with van der Waals surface area (Å²) in [5, 5.41) is 5.27. The maximum atomic E-state index is 13.3. The molecule has 0 aliphatic carbocycles. The lowest BCUT2D eigenvalue weighted by Gasteiger charge is -2.21. The molecular weight excluding hydrogens is 400 g/mol. The Bertz CT molecular complexity index is 1320. The number of hydrogen-bond donors (Lipinski definition) is 0. The van der Waals surface area contributed by atoms with Gasteiger partial charge in [-0.05, 0) is 51.2 Å². The van der Waals surface area contributed by atoms with Crippen molar-refractivity contribution in [1.29, 1.82) is 0 Å². The zero-order valence-corrected chi connectivity index (χ0v) is 19.0. The molecular formula is C25H28N6O. The van der Waals surface area contributed by atoms with Crippen LogP contribution >= 0.6 is 0 Å². The number of aromatic nitrogens is 4. The van der Waals surface area contributed by atoms with E-state index in [2.05, 4.69) is 65.2 Å². The van der Waals surface area contributed by atoms with Gasteiger partial charge in [0.15, 0.2) is 0 Å². The van der Waals surface area contributed by atoms with Gasteiger partial charge in [-0.1, -0.05) is 29.8 Å². The van der Waals surface area contributed by atoms with E-state index in [-0.39, 0.29) is 5.56 Å². The Morgan fingerprint density at radius 2 is 1.84 bits per heavy atom. The molecule has 7 nitrogen and oxygen atoms in total. The number of likely N-dealkylation sites (N-methyl/N-ethyl adjacent to an activating group) is 1. The highest BCUT2D eigenvalue weighted by atomic mass is 16.1. The highest BCUT2D eigenvalue weighted by molar-refractivity contribution is 5.85. The molecule has 1 atom stereocenters. The SMILES string of the molecule is Cc1ccc(-c2cc3cnn(-c4ccc(N5CC[C@H](N(C)C)C5)nc4)c(=O)c3n2C)cc1. The Kier molecular flexibility index (Phi) is 5.06. The van der Waals surface area contributed by atoms with Gasteiger partial charge in [-0.2, -0.15) is 9.78 Å². The molecule has 0 saturated carbocycles. The minimum absolute atomic E-state index is 0.147. The van der Waals surface area contributed by atoms with Crippen LogP contribution in [0.4, 0.5) is 5.82 Å². The van der Waals surface area contributed by atoms with Gasteiger partial charge in [0, 0.05) is 37.3 Å². The summed E-state index contributed by atoms with van der Waals surface area (Å²) in [5.74, 6) is 0.938. The van der Waals surface area contributed by atoms with E-state index in [0.29, 0.717) is 17.2 Å². The summed E-state index contributed by atoms with van der Waals surface area (Å²) in [6.45, 7) is 4.02. The van der Waals surface area contributed by atoms with E-state index in [0.717, 1.165) is 42.0 Å². The lowest BCUT2D eigenvalue weighted by atomic mass is 10.1. The topological polar surface area (TPSA) is 59.2 Å². The van der Waals surface area contributed by atoms with E-state index in [1.54, 1.807) is 12.4 Å². The minimum atomic E-state index is -0.147. The Morgan fingerprint density at radius 1 is 1.06 bits per heavy atom. The molecule has 1 fully saturated rings. The predicted molar refractivity (Wildman–Crippen MR) is 129 cm³/mol. The molecule has 32 heavy (non-hydrogen) atoms. The van der Waals surface area contributed by atoms with Gasteiger partial charge in [0.2, 0.25) is 0 Å². The van der Waals surface area contributed by atoms with Crippen molar-refractivity contribution < 1.29 is 0 Å². The first-order valence-corrected chi connectivity index (χ1v) is 10.9. The summed E-state index contributed by atoms with van der Waals surface area (Å²) in [4.78, 5) is 22.5. The molecule has 0 amide bonds. The second-order valence-corrected chi connectivity index (χ2v) is 8.85. The van der Waals surface area contributed by atoms with Crippen LogP contribution in [0.25, 0.3) is 27.8 Å². The molecule has 5 rings (SSSR count). The van der Waals surface area contributed by atoms with Crippen LogP contribution in [0.5, 0.6) is 0 Å². The van der Waals surface area contributed by atoms with Crippen molar-refractivity contribution in [2.75, 3.05) is 32.1 Å². The molecule has 164 valence electrons. The zero-order valence-electron chi connectivity index (χ0n) is 19.0. The molecule has 1 aromatic carbocycles. The summed E-state index contributed by atoms with van der Waals surface area (Å²) in [5.41, 5.74) is 4.43. The van der Waals surface area contributed by atoms with Crippen LogP contribution in [0.1, 0.15) is 12.0 Å². The number of anilines is 1. The molecule has 1 saturated heterocycles. The first-order valence-electron chi connectivity index (χ1n) is 10.9. The fraction of sp³-hybridized carbons (Fsp3) is 0.320. The van der Waals surface area contributed by atoms with E-state index in [1.807, 2.05) is 29.8 Å². The van der Waals surface area contributed by atoms with Gasteiger partial charge < -0.3 is 14.4 Å². The van der Waals surface area contributed by atoms with E-state index in [1.165, 1.54) is 10.2 Å². The van der Waals surface area contributed by atoms with E-state index in [9.17, 15) is 4.79 Å². The number of aryl methyl sites for hydroxylation is 2. The minimum Gasteiger partial charge on any atom is -0.355 e. The lowest BCUT2D eigenvalue weighted by molar-refractivity contribution is 0.315. The Balaban J connectivity index is 1.48. The number of hydrogen-bond acceptors (Lipinski definition) is 5. The molecule has 0 radical (unpaired) electrons. The third kappa shape index (κ3) is 3.48. The molecule has 0 bridgehead atoms. The van der Waals surface area contributed by atoms with Crippen molar-refractivity contribution in [2.45, 2.75) is 19.4 Å². The van der Waals surface area contributed by atoms with Gasteiger partial charge in [-0.15, -0.1) is 0 Å². The highest BCUT2D eigenvalue weighted by Gasteiger charge is 2.24. The normalized spacial score (nSPS) is 16.4. The van der Waals surface area contributed by atoms with Gasteiger partial charge >= 0.3 is 0 Å². The molecule has 0 spiro atoms. The monoisotopic (exact) mass is 428 g/mol. The second-order valence-electron chi connectivity index (χ2n) is 8.85. The highest BCUT2D eigenvalue weighted by Crippen LogP contribution is 2.26. The van der Waals surface area contributed by atoms with Crippen LogP contribution in [-0.4, -0.2) is 57.5 Å². The van der Waals surface area contributed by atoms with Gasteiger partial charge in [-0.3, -0.25) is 4.79 Å². The van der Waals surface area contributed by atoms with Gasteiger partial charge in [0.05, 0.1) is 18.1 Å². The number of fused-ring (bicyclic) bond motifs is 1.